The van der Waals surface area contributed by atoms with Crippen LogP contribution in [0.3, 0.4) is 0 Å². The molecule has 0 amide bonds. The number of anilines is 1. The van der Waals surface area contributed by atoms with Crippen molar-refractivity contribution in [3.05, 3.63) is 18.0 Å². The molecule has 2 heterocycles. The Morgan fingerprint density at radius 1 is 1.42 bits per heavy atom. The van der Waals surface area contributed by atoms with Crippen LogP contribution in [0.15, 0.2) is 12.3 Å². The number of ether oxygens (including phenoxy) is 1. The molecule has 0 radical (unpaired) electrons. The fourth-order valence-electron chi connectivity index (χ4n) is 2.66. The molecule has 19 heavy (non-hydrogen) atoms. The Balaban J connectivity index is 1.74. The Kier molecular flexibility index (Phi) is 2.86. The van der Waals surface area contributed by atoms with Crippen LogP contribution in [0.5, 0.6) is 0 Å². The molecular formula is C11H13F3N4O. The van der Waals surface area contributed by atoms with Crippen molar-refractivity contribution in [2.45, 2.75) is 30.8 Å². The third-order valence-electron chi connectivity index (χ3n) is 3.69. The second kappa shape index (κ2) is 4.31. The summed E-state index contributed by atoms with van der Waals surface area (Å²) in [5.74, 6) is 0.215. The summed E-state index contributed by atoms with van der Waals surface area (Å²) < 4.78 is 43.1. The highest BCUT2D eigenvalue weighted by Gasteiger charge is 2.52. The average molecular weight is 274 g/mol. The molecule has 3 N–H and O–H groups in total. The zero-order chi connectivity index (χ0) is 13.6. The van der Waals surface area contributed by atoms with E-state index in [1.54, 1.807) is 0 Å². The van der Waals surface area contributed by atoms with Crippen molar-refractivity contribution in [1.82, 2.24) is 9.97 Å². The molecule has 0 bridgehead atoms. The van der Waals surface area contributed by atoms with Gasteiger partial charge in [0.05, 0.1) is 12.1 Å². The first-order valence-corrected chi connectivity index (χ1v) is 6.01. The summed E-state index contributed by atoms with van der Waals surface area (Å²) in [5, 5.41) is 2.84. The minimum atomic E-state index is -4.48. The number of hydrogen-bond donors (Lipinski definition) is 2. The highest BCUT2D eigenvalue weighted by molar-refractivity contribution is 5.32. The molecular weight excluding hydrogens is 261 g/mol. The summed E-state index contributed by atoms with van der Waals surface area (Å²) in [5.41, 5.74) is 4.99. The molecule has 0 spiro atoms. The van der Waals surface area contributed by atoms with Gasteiger partial charge >= 0.3 is 6.18 Å². The summed E-state index contributed by atoms with van der Waals surface area (Å²) in [6, 6.07) is 0.474. The lowest BCUT2D eigenvalue weighted by molar-refractivity contribution is -0.141. The molecule has 1 aromatic heterocycles. The van der Waals surface area contributed by atoms with E-state index >= 15 is 0 Å². The first-order chi connectivity index (χ1) is 8.97. The first-order valence-electron chi connectivity index (χ1n) is 6.01. The number of nitrogens with one attached hydrogen (secondary N) is 1. The summed E-state index contributed by atoms with van der Waals surface area (Å²) >= 11 is 0. The van der Waals surface area contributed by atoms with Gasteiger partial charge < -0.3 is 15.8 Å². The van der Waals surface area contributed by atoms with Crippen molar-refractivity contribution in [2.75, 3.05) is 11.9 Å². The van der Waals surface area contributed by atoms with Crippen molar-refractivity contribution in [3.8, 4) is 0 Å². The molecule has 1 aliphatic carbocycles. The molecule has 5 nitrogen and oxygen atoms in total. The van der Waals surface area contributed by atoms with Crippen LogP contribution in [-0.4, -0.2) is 34.8 Å². The van der Waals surface area contributed by atoms with E-state index in [1.165, 1.54) is 0 Å². The standard InChI is InChI=1S/C11H13F3N4O/c12-11(13,14)6-1-3-16-10(17-6)18-8-7(15)5-2-4-19-9(5)8/h1,3,5,7-9H,2,4,15H2,(H,16,17,18). The van der Waals surface area contributed by atoms with Crippen molar-refractivity contribution in [3.63, 3.8) is 0 Å². The molecule has 1 saturated heterocycles. The summed E-state index contributed by atoms with van der Waals surface area (Å²) in [4.78, 5) is 7.25. The van der Waals surface area contributed by atoms with Gasteiger partial charge in [0.2, 0.25) is 5.95 Å². The third kappa shape index (κ3) is 2.14. The van der Waals surface area contributed by atoms with Gasteiger partial charge in [-0.05, 0) is 12.5 Å². The average Bonchev–Trinajstić information content (AvgIpc) is 2.80. The van der Waals surface area contributed by atoms with E-state index in [2.05, 4.69) is 15.3 Å². The molecule has 1 aliphatic heterocycles. The highest BCUT2D eigenvalue weighted by Crippen LogP contribution is 2.39. The van der Waals surface area contributed by atoms with Gasteiger partial charge in [-0.1, -0.05) is 0 Å². The third-order valence-corrected chi connectivity index (χ3v) is 3.69. The predicted molar refractivity (Wildman–Crippen MR) is 60.3 cm³/mol. The summed E-state index contributed by atoms with van der Waals surface area (Å²) in [7, 11) is 0. The van der Waals surface area contributed by atoms with Crippen molar-refractivity contribution in [2.24, 2.45) is 11.7 Å². The maximum absolute atomic E-state index is 12.5. The number of aromatic nitrogens is 2. The zero-order valence-electron chi connectivity index (χ0n) is 9.89. The fraction of sp³-hybridized carbons (Fsp3) is 0.636. The number of nitrogens with zero attached hydrogens (tertiary/aromatic N) is 2. The van der Waals surface area contributed by atoms with Crippen molar-refractivity contribution in [1.29, 1.82) is 0 Å². The van der Waals surface area contributed by atoms with E-state index in [1.807, 2.05) is 0 Å². The lowest BCUT2D eigenvalue weighted by Gasteiger charge is -2.45. The molecule has 104 valence electrons. The number of rotatable bonds is 2. The van der Waals surface area contributed by atoms with Gasteiger partial charge in [-0.3, -0.25) is 0 Å². The van der Waals surface area contributed by atoms with Gasteiger partial charge in [0.25, 0.3) is 0 Å². The van der Waals surface area contributed by atoms with Gasteiger partial charge in [-0.25, -0.2) is 9.97 Å². The number of nitrogens with two attached hydrogens (primary N) is 1. The number of halogens is 3. The topological polar surface area (TPSA) is 73.1 Å². The molecule has 1 saturated carbocycles. The molecule has 3 rings (SSSR count). The second-order valence-electron chi connectivity index (χ2n) is 4.80. The number of fused-ring (bicyclic) bond motifs is 1. The molecule has 1 aromatic rings. The van der Waals surface area contributed by atoms with Crippen molar-refractivity contribution >= 4 is 5.95 Å². The van der Waals surface area contributed by atoms with E-state index in [4.69, 9.17) is 10.5 Å². The van der Waals surface area contributed by atoms with E-state index in [0.717, 1.165) is 18.7 Å². The molecule has 4 atom stereocenters. The van der Waals surface area contributed by atoms with Gasteiger partial charge in [0.1, 0.15) is 5.69 Å². The minimum absolute atomic E-state index is 0.0480. The molecule has 8 heteroatoms. The Bertz CT molecular complexity index is 481. The van der Waals surface area contributed by atoms with Gasteiger partial charge in [0.15, 0.2) is 0 Å². The van der Waals surface area contributed by atoms with E-state index in [9.17, 15) is 13.2 Å². The Labute approximate surface area is 107 Å². The van der Waals surface area contributed by atoms with Crippen LogP contribution in [0.1, 0.15) is 12.1 Å². The Morgan fingerprint density at radius 3 is 2.95 bits per heavy atom. The van der Waals surface area contributed by atoms with Crippen molar-refractivity contribution < 1.29 is 17.9 Å². The lowest BCUT2D eigenvalue weighted by atomic mass is 9.72. The molecule has 4 unspecified atom stereocenters. The largest absolute Gasteiger partial charge is 0.433 e. The number of hydrogen-bond acceptors (Lipinski definition) is 5. The second-order valence-corrected chi connectivity index (χ2v) is 4.80. The maximum Gasteiger partial charge on any atom is 0.433 e. The zero-order valence-corrected chi connectivity index (χ0v) is 9.89. The quantitative estimate of drug-likeness (QED) is 0.842. The first kappa shape index (κ1) is 12.6. The summed E-state index contributed by atoms with van der Waals surface area (Å²) in [6.45, 7) is 0.644. The highest BCUT2D eigenvalue weighted by atomic mass is 19.4. The summed E-state index contributed by atoms with van der Waals surface area (Å²) in [6.07, 6.45) is -2.55. The van der Waals surface area contributed by atoms with Crippen LogP contribution < -0.4 is 11.1 Å². The van der Waals surface area contributed by atoms with Gasteiger partial charge in [-0.2, -0.15) is 13.2 Å². The fourth-order valence-corrected chi connectivity index (χ4v) is 2.66. The van der Waals surface area contributed by atoms with Crippen LogP contribution in [0.4, 0.5) is 19.1 Å². The van der Waals surface area contributed by atoms with Crippen LogP contribution in [0.2, 0.25) is 0 Å². The van der Waals surface area contributed by atoms with E-state index in [0.29, 0.717) is 6.61 Å². The SMILES string of the molecule is NC1C2CCOC2C1Nc1nccc(C(F)(F)F)n1. The van der Waals surface area contributed by atoms with Gasteiger partial charge in [-0.15, -0.1) is 0 Å². The normalized spacial score (nSPS) is 33.7. The molecule has 2 aliphatic rings. The van der Waals surface area contributed by atoms with Crippen LogP contribution in [0, 0.1) is 5.92 Å². The van der Waals surface area contributed by atoms with Crippen LogP contribution in [-0.2, 0) is 10.9 Å². The molecule has 0 aromatic carbocycles. The molecule has 2 fully saturated rings. The monoisotopic (exact) mass is 274 g/mol. The predicted octanol–water partition coefficient (Wildman–Crippen LogP) is 1.02. The van der Waals surface area contributed by atoms with Gasteiger partial charge in [0, 0.05) is 24.8 Å². The Morgan fingerprint density at radius 2 is 2.21 bits per heavy atom. The Hall–Kier alpha value is -1.41. The van der Waals surface area contributed by atoms with Crippen LogP contribution >= 0.6 is 0 Å². The number of alkyl halides is 3. The van der Waals surface area contributed by atoms with E-state index in [-0.39, 0.29) is 30.1 Å². The van der Waals surface area contributed by atoms with E-state index < -0.39 is 11.9 Å². The lowest BCUT2D eigenvalue weighted by Crippen LogP contribution is -2.65. The minimum Gasteiger partial charge on any atom is -0.376 e. The maximum atomic E-state index is 12.5. The van der Waals surface area contributed by atoms with Crippen LogP contribution in [0.25, 0.3) is 0 Å². The smallest absolute Gasteiger partial charge is 0.376 e.